The first kappa shape index (κ1) is 18.4. The monoisotopic (exact) mass is 387 g/mol. The van der Waals surface area contributed by atoms with Gasteiger partial charge in [0.1, 0.15) is 0 Å². The van der Waals surface area contributed by atoms with Crippen LogP contribution in [0.5, 0.6) is 11.8 Å². The topological polar surface area (TPSA) is 227 Å². The number of aromatic amines is 2. The first-order chi connectivity index (χ1) is 13.2. The zero-order chi connectivity index (χ0) is 20.6. The molecule has 0 fully saturated rings. The lowest BCUT2D eigenvalue weighted by Crippen LogP contribution is -2.26. The summed E-state index contributed by atoms with van der Waals surface area (Å²) in [5, 5.41) is 31.3. The zero-order valence-corrected chi connectivity index (χ0v) is 13.9. The highest BCUT2D eigenvalue weighted by Gasteiger charge is 2.31. The summed E-state index contributed by atoms with van der Waals surface area (Å²) in [4.78, 5) is 46.6. The number of hydrogen-bond acceptors (Lipinski definition) is 10. The van der Waals surface area contributed by atoms with Gasteiger partial charge in [-0.1, -0.05) is 12.1 Å². The van der Waals surface area contributed by atoms with Crippen LogP contribution in [-0.4, -0.2) is 35.1 Å². The van der Waals surface area contributed by atoms with Crippen LogP contribution < -0.4 is 22.6 Å². The Balaban J connectivity index is 2.35. The summed E-state index contributed by atoms with van der Waals surface area (Å²) in [6.45, 7) is 0. The molecule has 0 bridgehead atoms. The molecule has 3 aromatic rings. The first-order valence-electron chi connectivity index (χ1n) is 7.60. The Morgan fingerprint density at radius 1 is 0.929 bits per heavy atom. The molecule has 0 amide bonds. The first-order valence-corrected chi connectivity index (χ1v) is 7.60. The molecule has 0 aliphatic heterocycles. The number of rotatable bonds is 4. The van der Waals surface area contributed by atoms with E-state index in [-0.39, 0.29) is 23.1 Å². The van der Waals surface area contributed by atoms with Crippen LogP contribution in [0.1, 0.15) is 22.6 Å². The highest BCUT2D eigenvalue weighted by Crippen LogP contribution is 2.36. The number of non-ortho nitro benzene ring substituents is 1. The lowest BCUT2D eigenvalue weighted by molar-refractivity contribution is -0.384. The van der Waals surface area contributed by atoms with E-state index in [0.29, 0.717) is 0 Å². The fourth-order valence-corrected chi connectivity index (χ4v) is 2.76. The summed E-state index contributed by atoms with van der Waals surface area (Å²) >= 11 is 0. The number of nitrogens with one attached hydrogen (secondary N) is 2. The minimum absolute atomic E-state index is 0.158. The standard InChI is InChI=1S/C15H13N7O6/c16-14-18-10(23)8(11(24)19-14)7(5-1-3-6(4-2-5)22(27)28)9-12(25)20-15(17)21-13(9)26/h1-4,7H,(H4,16,18,19,23,24)(H4,17,20,21,25,26). The van der Waals surface area contributed by atoms with Gasteiger partial charge in [-0.05, 0) is 5.56 Å². The Bertz CT molecular complexity index is 1120. The Morgan fingerprint density at radius 2 is 1.36 bits per heavy atom. The van der Waals surface area contributed by atoms with Gasteiger partial charge in [-0.3, -0.25) is 29.7 Å². The molecule has 13 heteroatoms. The molecule has 0 unspecified atom stereocenters. The van der Waals surface area contributed by atoms with E-state index in [4.69, 9.17) is 11.5 Å². The van der Waals surface area contributed by atoms with Gasteiger partial charge in [-0.2, -0.15) is 9.97 Å². The maximum atomic E-state index is 12.4. The van der Waals surface area contributed by atoms with E-state index in [9.17, 15) is 29.9 Å². The Hall–Kier alpha value is -4.42. The van der Waals surface area contributed by atoms with E-state index in [0.717, 1.165) is 12.1 Å². The molecular formula is C15H13N7O6. The number of aromatic nitrogens is 4. The van der Waals surface area contributed by atoms with Crippen LogP contribution in [0.2, 0.25) is 0 Å². The lowest BCUT2D eigenvalue weighted by atomic mass is 9.87. The van der Waals surface area contributed by atoms with E-state index >= 15 is 0 Å². The number of benzene rings is 1. The van der Waals surface area contributed by atoms with E-state index in [2.05, 4.69) is 19.9 Å². The Labute approximate surface area is 154 Å². The molecule has 2 aromatic heterocycles. The van der Waals surface area contributed by atoms with E-state index < -0.39 is 44.8 Å². The van der Waals surface area contributed by atoms with Gasteiger partial charge in [0.25, 0.3) is 16.8 Å². The summed E-state index contributed by atoms with van der Waals surface area (Å²) in [5.41, 5.74) is 8.08. The molecule has 2 heterocycles. The van der Waals surface area contributed by atoms with Crippen molar-refractivity contribution in [2.24, 2.45) is 0 Å². The molecule has 3 rings (SSSR count). The van der Waals surface area contributed by atoms with Gasteiger partial charge in [-0.15, -0.1) is 0 Å². The zero-order valence-electron chi connectivity index (χ0n) is 13.9. The summed E-state index contributed by atoms with van der Waals surface area (Å²) in [6.07, 6.45) is 0. The van der Waals surface area contributed by atoms with E-state index in [1.807, 2.05) is 0 Å². The largest absolute Gasteiger partial charge is 0.493 e. The lowest BCUT2D eigenvalue weighted by Gasteiger charge is -2.18. The SMILES string of the molecule is Nc1nc(O)c(C(c2ccc([N+](=O)[O-])cc2)c2c(O)nc(N)[nH]c2=O)c(=O)[nH]1. The maximum Gasteiger partial charge on any atom is 0.269 e. The summed E-state index contributed by atoms with van der Waals surface area (Å²) in [5.74, 6) is -3.71. The molecule has 0 aliphatic carbocycles. The predicted octanol–water partition coefficient (Wildman–Crippen LogP) is -0.483. The van der Waals surface area contributed by atoms with Gasteiger partial charge in [-0.25, -0.2) is 0 Å². The second-order valence-corrected chi connectivity index (χ2v) is 5.66. The molecule has 144 valence electrons. The summed E-state index contributed by atoms with van der Waals surface area (Å²) in [6, 6.07) is 4.78. The molecule has 0 saturated carbocycles. The molecular weight excluding hydrogens is 374 g/mol. The molecule has 8 N–H and O–H groups in total. The molecule has 28 heavy (non-hydrogen) atoms. The minimum Gasteiger partial charge on any atom is -0.493 e. The van der Waals surface area contributed by atoms with Crippen LogP contribution >= 0.6 is 0 Å². The van der Waals surface area contributed by atoms with Crippen molar-refractivity contribution in [3.8, 4) is 11.8 Å². The van der Waals surface area contributed by atoms with Gasteiger partial charge >= 0.3 is 0 Å². The number of hydrogen-bond donors (Lipinski definition) is 6. The Morgan fingerprint density at radius 3 is 1.71 bits per heavy atom. The number of anilines is 2. The fraction of sp³-hybridized carbons (Fsp3) is 0.0667. The minimum atomic E-state index is -1.38. The molecule has 0 radical (unpaired) electrons. The number of nitro benzene ring substituents is 1. The third kappa shape index (κ3) is 3.18. The molecule has 13 nitrogen and oxygen atoms in total. The third-order valence-electron chi connectivity index (χ3n) is 3.92. The second-order valence-electron chi connectivity index (χ2n) is 5.66. The van der Waals surface area contributed by atoms with Crippen molar-refractivity contribution in [3.63, 3.8) is 0 Å². The van der Waals surface area contributed by atoms with E-state index in [1.165, 1.54) is 12.1 Å². The molecule has 0 atom stereocenters. The number of aromatic hydroxyl groups is 2. The number of nitrogen functional groups attached to an aromatic ring is 2. The highest BCUT2D eigenvalue weighted by molar-refractivity contribution is 5.50. The average Bonchev–Trinajstić information content (AvgIpc) is 2.58. The average molecular weight is 387 g/mol. The van der Waals surface area contributed by atoms with Crippen LogP contribution in [0.25, 0.3) is 0 Å². The van der Waals surface area contributed by atoms with Crippen molar-refractivity contribution in [2.45, 2.75) is 5.92 Å². The molecule has 0 spiro atoms. The number of nitro groups is 1. The van der Waals surface area contributed by atoms with Crippen LogP contribution in [0.3, 0.4) is 0 Å². The number of H-pyrrole nitrogens is 2. The number of nitrogens with two attached hydrogens (primary N) is 2. The number of nitrogens with zero attached hydrogens (tertiary/aromatic N) is 3. The van der Waals surface area contributed by atoms with Crippen molar-refractivity contribution in [1.29, 1.82) is 0 Å². The van der Waals surface area contributed by atoms with Crippen LogP contribution in [0, 0.1) is 10.1 Å². The van der Waals surface area contributed by atoms with Crippen molar-refractivity contribution < 1.29 is 15.1 Å². The van der Waals surface area contributed by atoms with Crippen LogP contribution in [0.4, 0.5) is 17.6 Å². The van der Waals surface area contributed by atoms with Crippen molar-refractivity contribution in [3.05, 3.63) is 71.8 Å². The fourth-order valence-electron chi connectivity index (χ4n) is 2.76. The summed E-state index contributed by atoms with van der Waals surface area (Å²) < 4.78 is 0. The van der Waals surface area contributed by atoms with Gasteiger partial charge in [0.2, 0.25) is 23.7 Å². The van der Waals surface area contributed by atoms with Crippen molar-refractivity contribution in [1.82, 2.24) is 19.9 Å². The van der Waals surface area contributed by atoms with Gasteiger partial charge in [0.05, 0.1) is 22.0 Å². The van der Waals surface area contributed by atoms with E-state index in [1.54, 1.807) is 0 Å². The van der Waals surface area contributed by atoms with Gasteiger partial charge < -0.3 is 21.7 Å². The molecule has 0 saturated heterocycles. The second kappa shape index (κ2) is 6.71. The smallest absolute Gasteiger partial charge is 0.269 e. The third-order valence-corrected chi connectivity index (χ3v) is 3.92. The molecule has 1 aromatic carbocycles. The van der Waals surface area contributed by atoms with Crippen molar-refractivity contribution in [2.75, 3.05) is 11.5 Å². The predicted molar refractivity (Wildman–Crippen MR) is 95.9 cm³/mol. The highest BCUT2D eigenvalue weighted by atomic mass is 16.6. The van der Waals surface area contributed by atoms with Crippen LogP contribution in [-0.2, 0) is 0 Å². The van der Waals surface area contributed by atoms with Gasteiger partial charge in [0, 0.05) is 12.1 Å². The van der Waals surface area contributed by atoms with Crippen molar-refractivity contribution >= 4 is 17.6 Å². The Kier molecular flexibility index (Phi) is 4.40. The quantitative estimate of drug-likeness (QED) is 0.249. The molecule has 0 aliphatic rings. The summed E-state index contributed by atoms with van der Waals surface area (Å²) in [7, 11) is 0. The van der Waals surface area contributed by atoms with Crippen LogP contribution in [0.15, 0.2) is 33.9 Å². The normalized spacial score (nSPS) is 10.9. The maximum absolute atomic E-state index is 12.4. The van der Waals surface area contributed by atoms with Gasteiger partial charge in [0.15, 0.2) is 0 Å².